The van der Waals surface area contributed by atoms with Gasteiger partial charge in [0.15, 0.2) is 0 Å². The molecule has 0 saturated carbocycles. The zero-order valence-electron chi connectivity index (χ0n) is 46.3. The van der Waals surface area contributed by atoms with Gasteiger partial charge in [-0.2, -0.15) is 0 Å². The summed E-state index contributed by atoms with van der Waals surface area (Å²) >= 11 is 0. The van der Waals surface area contributed by atoms with Gasteiger partial charge >= 0.3 is 0 Å². The topological polar surface area (TPSA) is 6.48 Å². The minimum atomic E-state index is -0.699. The summed E-state index contributed by atoms with van der Waals surface area (Å²) in [5, 5.41) is 0. The SMILES string of the molecule is c1ccc(N(c2ccc3c(c2)C(c2ccccc2)(c2ccccc2)c2cc4c(cc2-3)C(c2ccccc2)(c2ccccc2)c2cc(N(c3ccccc3)c3cccc5c3Cc3ccccc3-5)ccc2-4)c2cccc3c2Cc2ccccc2-3)cc1. The molecule has 17 rings (SSSR count). The summed E-state index contributed by atoms with van der Waals surface area (Å²) in [6.07, 6.45) is 1.76. The number of para-hydroxylation sites is 2. The first-order valence-electron chi connectivity index (χ1n) is 29.5. The average Bonchev–Trinajstić information content (AvgIpc) is 1.62. The Labute approximate surface area is 491 Å². The maximum absolute atomic E-state index is 2.61. The molecule has 0 radical (unpaired) electrons. The van der Waals surface area contributed by atoms with Crippen LogP contribution in [-0.4, -0.2) is 0 Å². The summed E-state index contributed by atoms with van der Waals surface area (Å²) in [6.45, 7) is 0. The molecule has 13 aromatic carbocycles. The van der Waals surface area contributed by atoms with Crippen molar-refractivity contribution in [3.05, 3.63) is 382 Å². The number of rotatable bonds is 10. The fourth-order valence-electron chi connectivity index (χ4n) is 15.4. The van der Waals surface area contributed by atoms with Crippen LogP contribution in [0, 0.1) is 0 Å². The second-order valence-corrected chi connectivity index (χ2v) is 23.0. The van der Waals surface area contributed by atoms with Crippen molar-refractivity contribution >= 4 is 34.1 Å². The zero-order chi connectivity index (χ0) is 55.3. The Balaban J connectivity index is 0.935. The summed E-state index contributed by atoms with van der Waals surface area (Å²) in [4.78, 5) is 5.03. The molecular formula is C82H56N2. The van der Waals surface area contributed by atoms with Crippen molar-refractivity contribution in [3.8, 4) is 44.5 Å². The maximum atomic E-state index is 2.61. The molecule has 4 aliphatic rings. The van der Waals surface area contributed by atoms with Crippen molar-refractivity contribution < 1.29 is 0 Å². The van der Waals surface area contributed by atoms with Crippen molar-refractivity contribution in [2.75, 3.05) is 9.80 Å². The van der Waals surface area contributed by atoms with E-state index in [-0.39, 0.29) is 0 Å². The Morgan fingerprint density at radius 1 is 0.214 bits per heavy atom. The summed E-state index contributed by atoms with van der Waals surface area (Å²) in [5.74, 6) is 0. The molecule has 0 spiro atoms. The molecule has 0 aliphatic heterocycles. The van der Waals surface area contributed by atoms with E-state index >= 15 is 0 Å². The number of hydrogen-bond donors (Lipinski definition) is 0. The highest BCUT2D eigenvalue weighted by atomic mass is 15.2. The lowest BCUT2D eigenvalue weighted by atomic mass is 9.66. The number of fused-ring (bicyclic) bond motifs is 12. The fraction of sp³-hybridized carbons (Fsp3) is 0.0488. The first kappa shape index (κ1) is 48.2. The highest BCUT2D eigenvalue weighted by Gasteiger charge is 2.52. The lowest BCUT2D eigenvalue weighted by Gasteiger charge is -2.36. The van der Waals surface area contributed by atoms with Crippen molar-refractivity contribution in [1.29, 1.82) is 0 Å². The van der Waals surface area contributed by atoms with E-state index < -0.39 is 10.8 Å². The van der Waals surface area contributed by atoms with Gasteiger partial charge in [0.1, 0.15) is 0 Å². The molecule has 0 N–H and O–H groups in total. The van der Waals surface area contributed by atoms with Crippen LogP contribution in [0.15, 0.2) is 315 Å². The van der Waals surface area contributed by atoms with E-state index in [1.54, 1.807) is 0 Å². The molecule has 394 valence electrons. The second-order valence-electron chi connectivity index (χ2n) is 23.0. The van der Waals surface area contributed by atoms with Crippen molar-refractivity contribution in [2.24, 2.45) is 0 Å². The monoisotopic (exact) mass is 1070 g/mol. The summed E-state index contributed by atoms with van der Waals surface area (Å²) in [6, 6.07) is 119. The normalized spacial score (nSPS) is 13.8. The number of benzene rings is 13. The highest BCUT2D eigenvalue weighted by molar-refractivity contribution is 5.98. The van der Waals surface area contributed by atoms with Crippen LogP contribution in [0.25, 0.3) is 44.5 Å². The zero-order valence-corrected chi connectivity index (χ0v) is 46.3. The molecule has 13 aromatic rings. The number of nitrogens with zero attached hydrogens (tertiary/aromatic N) is 2. The third-order valence-corrected chi connectivity index (χ3v) is 18.9. The predicted octanol–water partition coefficient (Wildman–Crippen LogP) is 20.5. The number of hydrogen-bond acceptors (Lipinski definition) is 2. The maximum Gasteiger partial charge on any atom is 0.0714 e. The fourth-order valence-corrected chi connectivity index (χ4v) is 15.4. The minimum Gasteiger partial charge on any atom is -0.310 e. The molecule has 0 aromatic heterocycles. The molecule has 2 heteroatoms. The Hall–Kier alpha value is -10.5. The van der Waals surface area contributed by atoms with Crippen LogP contribution < -0.4 is 9.80 Å². The van der Waals surface area contributed by atoms with Gasteiger partial charge in [-0.3, -0.25) is 0 Å². The Bertz CT molecular complexity index is 4320. The third-order valence-electron chi connectivity index (χ3n) is 18.9. The second kappa shape index (κ2) is 19.0. The average molecular weight is 1070 g/mol. The van der Waals surface area contributed by atoms with Gasteiger partial charge in [0.25, 0.3) is 0 Å². The molecule has 0 fully saturated rings. The molecule has 0 saturated heterocycles. The smallest absolute Gasteiger partial charge is 0.0714 e. The van der Waals surface area contributed by atoms with Gasteiger partial charge in [-0.05, 0) is 184 Å². The van der Waals surface area contributed by atoms with Crippen molar-refractivity contribution in [1.82, 2.24) is 0 Å². The highest BCUT2D eigenvalue weighted by Crippen LogP contribution is 2.64. The summed E-state index contributed by atoms with van der Waals surface area (Å²) < 4.78 is 0. The molecule has 2 nitrogen and oxygen atoms in total. The molecule has 84 heavy (non-hydrogen) atoms. The van der Waals surface area contributed by atoms with Crippen LogP contribution in [-0.2, 0) is 23.7 Å². The van der Waals surface area contributed by atoms with Gasteiger partial charge in [0, 0.05) is 35.6 Å². The van der Waals surface area contributed by atoms with Gasteiger partial charge in [-0.15, -0.1) is 0 Å². The van der Waals surface area contributed by atoms with E-state index in [0.717, 1.165) is 35.6 Å². The van der Waals surface area contributed by atoms with Crippen LogP contribution in [0.2, 0.25) is 0 Å². The number of anilines is 6. The van der Waals surface area contributed by atoms with E-state index in [0.29, 0.717) is 0 Å². The minimum absolute atomic E-state index is 0.699. The van der Waals surface area contributed by atoms with Crippen LogP contribution in [0.1, 0.15) is 66.8 Å². The van der Waals surface area contributed by atoms with Gasteiger partial charge in [-0.25, -0.2) is 0 Å². The molecule has 0 amide bonds. The van der Waals surface area contributed by atoms with Crippen LogP contribution >= 0.6 is 0 Å². The van der Waals surface area contributed by atoms with Crippen LogP contribution in [0.3, 0.4) is 0 Å². The van der Waals surface area contributed by atoms with Crippen molar-refractivity contribution in [2.45, 2.75) is 23.7 Å². The molecule has 4 aliphatic carbocycles. The Morgan fingerprint density at radius 3 is 0.893 bits per heavy atom. The third kappa shape index (κ3) is 6.98. The predicted molar refractivity (Wildman–Crippen MR) is 347 cm³/mol. The van der Waals surface area contributed by atoms with Crippen LogP contribution in [0.4, 0.5) is 34.1 Å². The molecule has 0 unspecified atom stereocenters. The Morgan fingerprint density at radius 2 is 0.524 bits per heavy atom. The molecule has 0 atom stereocenters. The quantitative estimate of drug-likeness (QED) is 0.135. The molecule has 0 heterocycles. The lowest BCUT2D eigenvalue weighted by molar-refractivity contribution is 0.759. The van der Waals surface area contributed by atoms with Gasteiger partial charge in [0.05, 0.1) is 22.2 Å². The lowest BCUT2D eigenvalue weighted by Crippen LogP contribution is -2.30. The van der Waals surface area contributed by atoms with E-state index in [1.165, 1.54) is 123 Å². The molecule has 0 bridgehead atoms. The molecular weight excluding hydrogens is 1010 g/mol. The van der Waals surface area contributed by atoms with E-state index in [4.69, 9.17) is 0 Å². The van der Waals surface area contributed by atoms with Crippen LogP contribution in [0.5, 0.6) is 0 Å². The first-order valence-corrected chi connectivity index (χ1v) is 29.5. The van der Waals surface area contributed by atoms with Gasteiger partial charge < -0.3 is 9.80 Å². The standard InChI is InChI=1S/C82H56N2/c1-7-27-57(28-8-1)81(58-29-9-2-10-30-58)75-51-63(83(61-35-15-5-16-36-61)79-43-23-41-67-65-39-21-19-25-55(65)49-73(67)79)45-47-69(75)71-54-78-72(53-77(71)81)70-48-46-64(52-76(70)82(78,59-31-11-3-12-32-59)60-33-13-4-14-34-60)84(62-37-17-6-18-38-62)80-44-24-42-68-66-40-22-20-26-56(66)50-74(68)80/h1-48,51-54H,49-50H2. The van der Waals surface area contributed by atoms with E-state index in [2.05, 4.69) is 325 Å². The first-order chi connectivity index (χ1) is 41.7. The van der Waals surface area contributed by atoms with E-state index in [1.807, 2.05) is 0 Å². The van der Waals surface area contributed by atoms with Crippen molar-refractivity contribution in [3.63, 3.8) is 0 Å². The van der Waals surface area contributed by atoms with Gasteiger partial charge in [0.2, 0.25) is 0 Å². The largest absolute Gasteiger partial charge is 0.310 e. The summed E-state index contributed by atoms with van der Waals surface area (Å²) in [7, 11) is 0. The Kier molecular flexibility index (Phi) is 10.9. The summed E-state index contributed by atoms with van der Waals surface area (Å²) in [5.41, 5.74) is 31.2. The van der Waals surface area contributed by atoms with Gasteiger partial charge in [-0.1, -0.05) is 243 Å². The van der Waals surface area contributed by atoms with E-state index in [9.17, 15) is 0 Å².